The zero-order valence-corrected chi connectivity index (χ0v) is 8.23. The molecule has 2 aromatic rings. The molecule has 2 heterocycles. The molecule has 0 N–H and O–H groups in total. The van der Waals surface area contributed by atoms with E-state index in [2.05, 4.69) is 15.0 Å². The molecular formula is C11H11N3. The molecule has 0 atom stereocenters. The Hall–Kier alpha value is -1.77. The van der Waals surface area contributed by atoms with Crippen molar-refractivity contribution in [1.29, 1.82) is 0 Å². The first-order valence-electron chi connectivity index (χ1n) is 4.46. The highest BCUT2D eigenvalue weighted by molar-refractivity contribution is 5.61. The molecule has 0 amide bonds. The number of aromatic nitrogens is 3. The molecule has 0 bridgehead atoms. The molecule has 0 saturated carbocycles. The van der Waals surface area contributed by atoms with Crippen molar-refractivity contribution in [3.63, 3.8) is 0 Å². The van der Waals surface area contributed by atoms with Crippen molar-refractivity contribution >= 4 is 0 Å². The van der Waals surface area contributed by atoms with Crippen molar-refractivity contribution in [2.24, 2.45) is 0 Å². The van der Waals surface area contributed by atoms with Gasteiger partial charge in [0.15, 0.2) is 0 Å². The second-order valence-corrected chi connectivity index (χ2v) is 3.27. The Morgan fingerprint density at radius 3 is 2.00 bits per heavy atom. The number of rotatable bonds is 1. The van der Waals surface area contributed by atoms with E-state index in [1.54, 1.807) is 12.4 Å². The SMILES string of the molecule is Cc1cc(-c2cncnc2)cc(C)n1. The number of hydrogen-bond acceptors (Lipinski definition) is 3. The maximum absolute atomic E-state index is 4.32. The molecule has 0 aliphatic carbocycles. The first-order valence-corrected chi connectivity index (χ1v) is 4.46. The summed E-state index contributed by atoms with van der Waals surface area (Å²) in [6.45, 7) is 3.97. The molecular weight excluding hydrogens is 174 g/mol. The highest BCUT2D eigenvalue weighted by atomic mass is 14.8. The third-order valence-corrected chi connectivity index (χ3v) is 1.98. The molecule has 0 radical (unpaired) electrons. The van der Waals surface area contributed by atoms with Crippen molar-refractivity contribution in [2.75, 3.05) is 0 Å². The normalized spacial score (nSPS) is 10.1. The summed E-state index contributed by atoms with van der Waals surface area (Å²) in [4.78, 5) is 12.3. The molecule has 0 saturated heterocycles. The predicted molar refractivity (Wildman–Crippen MR) is 54.7 cm³/mol. The van der Waals surface area contributed by atoms with Crippen LogP contribution >= 0.6 is 0 Å². The quantitative estimate of drug-likeness (QED) is 0.683. The fraction of sp³-hybridized carbons (Fsp3) is 0.182. The van der Waals surface area contributed by atoms with Crippen molar-refractivity contribution in [3.8, 4) is 11.1 Å². The van der Waals surface area contributed by atoms with Gasteiger partial charge in [0, 0.05) is 29.3 Å². The van der Waals surface area contributed by atoms with Gasteiger partial charge in [-0.25, -0.2) is 9.97 Å². The van der Waals surface area contributed by atoms with E-state index in [0.717, 1.165) is 22.5 Å². The van der Waals surface area contributed by atoms with Crippen LogP contribution in [0.2, 0.25) is 0 Å². The molecule has 0 aliphatic heterocycles. The van der Waals surface area contributed by atoms with Gasteiger partial charge in [-0.15, -0.1) is 0 Å². The number of pyridine rings is 1. The molecule has 0 aliphatic rings. The first-order chi connectivity index (χ1) is 6.75. The molecule has 0 unspecified atom stereocenters. The Balaban J connectivity index is 2.52. The van der Waals surface area contributed by atoms with Gasteiger partial charge in [0.25, 0.3) is 0 Å². The van der Waals surface area contributed by atoms with E-state index < -0.39 is 0 Å². The van der Waals surface area contributed by atoms with Gasteiger partial charge in [-0.05, 0) is 31.5 Å². The van der Waals surface area contributed by atoms with Gasteiger partial charge in [0.05, 0.1) is 0 Å². The van der Waals surface area contributed by atoms with Gasteiger partial charge in [-0.1, -0.05) is 0 Å². The summed E-state index contributed by atoms with van der Waals surface area (Å²) in [5.74, 6) is 0. The summed E-state index contributed by atoms with van der Waals surface area (Å²) in [5, 5.41) is 0. The van der Waals surface area contributed by atoms with Gasteiger partial charge < -0.3 is 0 Å². The number of hydrogen-bond donors (Lipinski definition) is 0. The Bertz CT molecular complexity index is 417. The summed E-state index contributed by atoms with van der Waals surface area (Å²) in [7, 11) is 0. The molecule has 14 heavy (non-hydrogen) atoms. The Morgan fingerprint density at radius 2 is 1.43 bits per heavy atom. The van der Waals surface area contributed by atoms with Gasteiger partial charge in [0.2, 0.25) is 0 Å². The lowest BCUT2D eigenvalue weighted by atomic mass is 10.1. The average molecular weight is 185 g/mol. The average Bonchev–Trinajstić information content (AvgIpc) is 2.18. The van der Waals surface area contributed by atoms with E-state index in [4.69, 9.17) is 0 Å². The first kappa shape index (κ1) is 8.81. The summed E-state index contributed by atoms with van der Waals surface area (Å²) >= 11 is 0. The van der Waals surface area contributed by atoms with Gasteiger partial charge in [0.1, 0.15) is 6.33 Å². The van der Waals surface area contributed by atoms with Crippen LogP contribution in [0.4, 0.5) is 0 Å². The fourth-order valence-electron chi connectivity index (χ4n) is 1.45. The van der Waals surface area contributed by atoms with Gasteiger partial charge in [-0.2, -0.15) is 0 Å². The third-order valence-electron chi connectivity index (χ3n) is 1.98. The van der Waals surface area contributed by atoms with Crippen molar-refractivity contribution < 1.29 is 0 Å². The Labute approximate surface area is 82.9 Å². The summed E-state index contributed by atoms with van der Waals surface area (Å²) in [5.41, 5.74) is 4.18. The van der Waals surface area contributed by atoms with Crippen LogP contribution in [-0.4, -0.2) is 15.0 Å². The van der Waals surface area contributed by atoms with E-state index in [1.807, 2.05) is 26.0 Å². The second-order valence-electron chi connectivity index (χ2n) is 3.27. The molecule has 3 heteroatoms. The van der Waals surface area contributed by atoms with Crippen LogP contribution in [0.5, 0.6) is 0 Å². The van der Waals surface area contributed by atoms with Crippen LogP contribution in [0.1, 0.15) is 11.4 Å². The van der Waals surface area contributed by atoms with Crippen LogP contribution in [-0.2, 0) is 0 Å². The maximum atomic E-state index is 4.32. The Kier molecular flexibility index (Phi) is 2.23. The van der Waals surface area contributed by atoms with E-state index in [-0.39, 0.29) is 0 Å². The van der Waals surface area contributed by atoms with Gasteiger partial charge in [-0.3, -0.25) is 4.98 Å². The fourth-order valence-corrected chi connectivity index (χ4v) is 1.45. The highest BCUT2D eigenvalue weighted by Gasteiger charge is 1.99. The van der Waals surface area contributed by atoms with E-state index in [0.29, 0.717) is 0 Å². The molecule has 70 valence electrons. The van der Waals surface area contributed by atoms with E-state index >= 15 is 0 Å². The monoisotopic (exact) mass is 185 g/mol. The third kappa shape index (κ3) is 1.76. The minimum absolute atomic E-state index is 1.02. The smallest absolute Gasteiger partial charge is 0.115 e. The highest BCUT2D eigenvalue weighted by Crippen LogP contribution is 2.18. The van der Waals surface area contributed by atoms with Crippen LogP contribution in [0.3, 0.4) is 0 Å². The van der Waals surface area contributed by atoms with Crippen LogP contribution in [0.25, 0.3) is 11.1 Å². The molecule has 2 rings (SSSR count). The van der Waals surface area contributed by atoms with Crippen molar-refractivity contribution in [2.45, 2.75) is 13.8 Å². The lowest BCUT2D eigenvalue weighted by Crippen LogP contribution is -1.89. The topological polar surface area (TPSA) is 38.7 Å². The summed E-state index contributed by atoms with van der Waals surface area (Å²) in [6.07, 6.45) is 5.15. The molecule has 2 aromatic heterocycles. The lowest BCUT2D eigenvalue weighted by Gasteiger charge is -2.02. The molecule has 0 aromatic carbocycles. The summed E-state index contributed by atoms with van der Waals surface area (Å²) in [6, 6.07) is 4.07. The van der Waals surface area contributed by atoms with Crippen LogP contribution in [0.15, 0.2) is 30.9 Å². The number of aryl methyl sites for hydroxylation is 2. The largest absolute Gasteiger partial charge is 0.258 e. The standard InChI is InChI=1S/C11H11N3/c1-8-3-10(4-9(2)14-8)11-5-12-7-13-6-11/h3-7H,1-2H3. The molecule has 0 spiro atoms. The van der Waals surface area contributed by atoms with Crippen LogP contribution in [0, 0.1) is 13.8 Å². The lowest BCUT2D eigenvalue weighted by molar-refractivity contribution is 1.12. The van der Waals surface area contributed by atoms with Crippen molar-refractivity contribution in [1.82, 2.24) is 15.0 Å². The molecule has 3 nitrogen and oxygen atoms in total. The molecule has 0 fully saturated rings. The minimum atomic E-state index is 1.02. The summed E-state index contributed by atoms with van der Waals surface area (Å²) < 4.78 is 0. The van der Waals surface area contributed by atoms with E-state index in [1.165, 1.54) is 6.33 Å². The predicted octanol–water partition coefficient (Wildman–Crippen LogP) is 2.16. The Morgan fingerprint density at radius 1 is 0.857 bits per heavy atom. The second kappa shape index (κ2) is 3.54. The maximum Gasteiger partial charge on any atom is 0.115 e. The van der Waals surface area contributed by atoms with Gasteiger partial charge >= 0.3 is 0 Å². The number of nitrogens with zero attached hydrogens (tertiary/aromatic N) is 3. The van der Waals surface area contributed by atoms with E-state index in [9.17, 15) is 0 Å². The zero-order chi connectivity index (χ0) is 9.97. The zero-order valence-electron chi connectivity index (χ0n) is 8.23. The van der Waals surface area contributed by atoms with Crippen LogP contribution < -0.4 is 0 Å². The minimum Gasteiger partial charge on any atom is -0.258 e. The van der Waals surface area contributed by atoms with Crippen molar-refractivity contribution in [3.05, 3.63) is 42.2 Å².